The van der Waals surface area contributed by atoms with Crippen molar-refractivity contribution in [2.24, 2.45) is 0 Å². The van der Waals surface area contributed by atoms with Gasteiger partial charge in [0.25, 0.3) is 5.91 Å². The third-order valence-corrected chi connectivity index (χ3v) is 3.44. The normalized spacial score (nSPS) is 10.7. The first-order valence-electron chi connectivity index (χ1n) is 6.46. The molecule has 100 valence electrons. The van der Waals surface area contributed by atoms with E-state index in [0.29, 0.717) is 5.56 Å². The average molecular weight is 265 g/mol. The lowest BCUT2D eigenvalue weighted by Gasteiger charge is -2.08. The van der Waals surface area contributed by atoms with E-state index in [9.17, 15) is 4.79 Å². The minimum Gasteiger partial charge on any atom is -0.267 e. The number of para-hydroxylation sites is 2. The van der Waals surface area contributed by atoms with Crippen molar-refractivity contribution in [2.75, 3.05) is 5.43 Å². The number of fused-ring (bicyclic) bond motifs is 1. The molecule has 0 saturated heterocycles. The van der Waals surface area contributed by atoms with Gasteiger partial charge in [-0.25, -0.2) is 9.66 Å². The Labute approximate surface area is 117 Å². The number of amides is 1. The molecule has 0 spiro atoms. The largest absolute Gasteiger partial charge is 0.270 e. The molecule has 4 heteroatoms. The van der Waals surface area contributed by atoms with Crippen molar-refractivity contribution in [3.05, 3.63) is 65.5 Å². The first-order valence-corrected chi connectivity index (χ1v) is 6.46. The van der Waals surface area contributed by atoms with E-state index in [1.807, 2.05) is 56.3 Å². The van der Waals surface area contributed by atoms with Crippen molar-refractivity contribution in [1.82, 2.24) is 9.66 Å². The first-order chi connectivity index (χ1) is 9.65. The Balaban J connectivity index is 1.90. The molecule has 2 aromatic carbocycles. The van der Waals surface area contributed by atoms with E-state index in [0.717, 1.165) is 16.6 Å². The van der Waals surface area contributed by atoms with Crippen LogP contribution in [0.2, 0.25) is 0 Å². The third-order valence-electron chi connectivity index (χ3n) is 3.44. The maximum atomic E-state index is 12.3. The van der Waals surface area contributed by atoms with Gasteiger partial charge in [-0.3, -0.25) is 10.2 Å². The second-order valence-corrected chi connectivity index (χ2v) is 4.84. The Morgan fingerprint density at radius 2 is 1.90 bits per heavy atom. The van der Waals surface area contributed by atoms with Gasteiger partial charge < -0.3 is 0 Å². The second-order valence-electron chi connectivity index (χ2n) is 4.84. The number of aromatic nitrogens is 2. The molecule has 4 nitrogen and oxygen atoms in total. The summed E-state index contributed by atoms with van der Waals surface area (Å²) in [7, 11) is 0. The highest BCUT2D eigenvalue weighted by Crippen LogP contribution is 2.12. The van der Waals surface area contributed by atoms with E-state index >= 15 is 0 Å². The summed E-state index contributed by atoms with van der Waals surface area (Å²) in [4.78, 5) is 16.5. The fourth-order valence-electron chi connectivity index (χ4n) is 2.10. The molecule has 0 aliphatic carbocycles. The smallest absolute Gasteiger partial charge is 0.267 e. The van der Waals surface area contributed by atoms with Gasteiger partial charge in [-0.05, 0) is 49.2 Å². The zero-order chi connectivity index (χ0) is 14.1. The topological polar surface area (TPSA) is 46.9 Å². The molecule has 0 radical (unpaired) electrons. The maximum absolute atomic E-state index is 12.3. The number of benzene rings is 2. The molecular weight excluding hydrogens is 250 g/mol. The van der Waals surface area contributed by atoms with Crippen LogP contribution in [-0.2, 0) is 0 Å². The predicted octanol–water partition coefficient (Wildman–Crippen LogP) is 3.04. The summed E-state index contributed by atoms with van der Waals surface area (Å²) in [6.07, 6.45) is 1.61. The molecule has 3 aromatic rings. The third kappa shape index (κ3) is 2.16. The van der Waals surface area contributed by atoms with Crippen LogP contribution >= 0.6 is 0 Å². The second kappa shape index (κ2) is 4.81. The molecule has 0 aliphatic rings. The molecule has 1 aromatic heterocycles. The van der Waals surface area contributed by atoms with Crippen LogP contribution in [0.15, 0.2) is 48.8 Å². The van der Waals surface area contributed by atoms with Crippen molar-refractivity contribution in [1.29, 1.82) is 0 Å². The van der Waals surface area contributed by atoms with Crippen LogP contribution in [0.3, 0.4) is 0 Å². The Morgan fingerprint density at radius 3 is 2.70 bits per heavy atom. The molecule has 1 N–H and O–H groups in total. The molecule has 0 unspecified atom stereocenters. The number of carbonyl (C=O) groups is 1. The number of aryl methyl sites for hydroxylation is 2. The fourth-order valence-corrected chi connectivity index (χ4v) is 2.10. The number of hydrogen-bond donors (Lipinski definition) is 1. The maximum Gasteiger partial charge on any atom is 0.270 e. The zero-order valence-electron chi connectivity index (χ0n) is 11.4. The number of imidazole rings is 1. The molecule has 3 rings (SSSR count). The van der Waals surface area contributed by atoms with Crippen LogP contribution in [0, 0.1) is 13.8 Å². The molecule has 1 amide bonds. The summed E-state index contributed by atoms with van der Waals surface area (Å²) < 4.78 is 1.65. The summed E-state index contributed by atoms with van der Waals surface area (Å²) in [5, 5.41) is 0. The van der Waals surface area contributed by atoms with Crippen LogP contribution in [0.1, 0.15) is 21.5 Å². The van der Waals surface area contributed by atoms with E-state index in [2.05, 4.69) is 10.4 Å². The van der Waals surface area contributed by atoms with Gasteiger partial charge in [0.15, 0.2) is 0 Å². The molecule has 20 heavy (non-hydrogen) atoms. The number of hydrogen-bond acceptors (Lipinski definition) is 2. The van der Waals surface area contributed by atoms with Crippen LogP contribution in [0.4, 0.5) is 0 Å². The quantitative estimate of drug-likeness (QED) is 0.774. The van der Waals surface area contributed by atoms with Crippen molar-refractivity contribution < 1.29 is 4.79 Å². The van der Waals surface area contributed by atoms with Gasteiger partial charge in [-0.1, -0.05) is 18.2 Å². The van der Waals surface area contributed by atoms with Gasteiger partial charge in [0.1, 0.15) is 6.33 Å². The molecule has 0 aliphatic heterocycles. The Bertz CT molecular complexity index is 789. The Hall–Kier alpha value is -2.62. The van der Waals surface area contributed by atoms with Crippen LogP contribution in [-0.4, -0.2) is 15.6 Å². The van der Waals surface area contributed by atoms with Crippen molar-refractivity contribution in [3.8, 4) is 0 Å². The van der Waals surface area contributed by atoms with Crippen LogP contribution < -0.4 is 5.43 Å². The first kappa shape index (κ1) is 12.4. The summed E-state index contributed by atoms with van der Waals surface area (Å²) in [6, 6.07) is 13.3. The molecule has 0 saturated carbocycles. The van der Waals surface area contributed by atoms with Gasteiger partial charge in [0.2, 0.25) is 0 Å². The Kier molecular flexibility index (Phi) is 2.99. The SMILES string of the molecule is Cc1ccc(C(=O)Nn2cnc3ccccc32)cc1C. The van der Waals surface area contributed by atoms with Gasteiger partial charge in [-0.15, -0.1) is 0 Å². The summed E-state index contributed by atoms with van der Waals surface area (Å²) in [5.41, 5.74) is 7.50. The van der Waals surface area contributed by atoms with Crippen LogP contribution in [0.25, 0.3) is 11.0 Å². The van der Waals surface area contributed by atoms with Gasteiger partial charge >= 0.3 is 0 Å². The van der Waals surface area contributed by atoms with E-state index in [-0.39, 0.29) is 5.91 Å². The fraction of sp³-hybridized carbons (Fsp3) is 0.125. The number of nitrogens with one attached hydrogen (secondary N) is 1. The highest BCUT2D eigenvalue weighted by atomic mass is 16.2. The van der Waals surface area contributed by atoms with E-state index < -0.39 is 0 Å². The van der Waals surface area contributed by atoms with Gasteiger partial charge in [0.05, 0.1) is 11.0 Å². The molecule has 0 atom stereocenters. The molecule has 0 fully saturated rings. The van der Waals surface area contributed by atoms with Crippen LogP contribution in [0.5, 0.6) is 0 Å². The summed E-state index contributed by atoms with van der Waals surface area (Å²) in [6.45, 7) is 4.03. The van der Waals surface area contributed by atoms with Crippen molar-refractivity contribution >= 4 is 16.9 Å². The number of nitrogens with zero attached hydrogens (tertiary/aromatic N) is 2. The monoisotopic (exact) mass is 265 g/mol. The molecule has 0 bridgehead atoms. The summed E-state index contributed by atoms with van der Waals surface area (Å²) >= 11 is 0. The Morgan fingerprint density at radius 1 is 1.10 bits per heavy atom. The van der Waals surface area contributed by atoms with Gasteiger partial charge in [0, 0.05) is 5.56 Å². The zero-order valence-corrected chi connectivity index (χ0v) is 11.4. The minimum atomic E-state index is -0.142. The molecular formula is C16H15N3O. The average Bonchev–Trinajstić information content (AvgIpc) is 2.85. The van der Waals surface area contributed by atoms with E-state index in [1.165, 1.54) is 5.56 Å². The number of carbonyl (C=O) groups excluding carboxylic acids is 1. The van der Waals surface area contributed by atoms with E-state index in [1.54, 1.807) is 11.0 Å². The lowest BCUT2D eigenvalue weighted by molar-refractivity contribution is 0.101. The molecule has 1 heterocycles. The standard InChI is InChI=1S/C16H15N3O/c1-11-7-8-13(9-12(11)2)16(20)18-19-10-17-14-5-3-4-6-15(14)19/h3-10H,1-2H3,(H,18,20). The van der Waals surface area contributed by atoms with Crippen molar-refractivity contribution in [3.63, 3.8) is 0 Å². The summed E-state index contributed by atoms with van der Waals surface area (Å²) in [5.74, 6) is -0.142. The van der Waals surface area contributed by atoms with Gasteiger partial charge in [-0.2, -0.15) is 0 Å². The highest BCUT2D eigenvalue weighted by molar-refractivity contribution is 6.00. The minimum absolute atomic E-state index is 0.142. The van der Waals surface area contributed by atoms with E-state index in [4.69, 9.17) is 0 Å². The number of rotatable bonds is 2. The predicted molar refractivity (Wildman–Crippen MR) is 79.3 cm³/mol. The lowest BCUT2D eigenvalue weighted by Crippen LogP contribution is -2.22. The lowest BCUT2D eigenvalue weighted by atomic mass is 10.1. The highest BCUT2D eigenvalue weighted by Gasteiger charge is 2.09. The van der Waals surface area contributed by atoms with Crippen molar-refractivity contribution in [2.45, 2.75) is 13.8 Å².